The SMILES string of the molecule is CC(=O)N(C)C[Si](Cl)(c1cccs1)c1cccs1. The topological polar surface area (TPSA) is 20.3 Å². The number of amides is 1. The summed E-state index contributed by atoms with van der Waals surface area (Å²) in [5, 5.41) is 4.08. The van der Waals surface area contributed by atoms with Crippen LogP contribution in [0.25, 0.3) is 0 Å². The standard InChI is InChI=1S/C12H14ClNOS2Si/c1-10(15)14(2)9-18(13,11-5-3-7-16-11)12-6-4-8-17-12/h3-8H,9H2,1-2H3. The van der Waals surface area contributed by atoms with Gasteiger partial charge in [-0.3, -0.25) is 4.79 Å². The van der Waals surface area contributed by atoms with E-state index in [1.807, 2.05) is 29.9 Å². The molecule has 0 aliphatic rings. The highest BCUT2D eigenvalue weighted by Crippen LogP contribution is 2.17. The van der Waals surface area contributed by atoms with Crippen LogP contribution in [0.2, 0.25) is 0 Å². The largest absolute Gasteiger partial charge is 0.347 e. The predicted octanol–water partition coefficient (Wildman–Crippen LogP) is 2.13. The van der Waals surface area contributed by atoms with E-state index in [0.29, 0.717) is 6.17 Å². The van der Waals surface area contributed by atoms with E-state index in [4.69, 9.17) is 11.1 Å². The normalized spacial score (nSPS) is 11.5. The molecular formula is C12H14ClNOS2Si. The molecule has 0 fully saturated rings. The van der Waals surface area contributed by atoms with Gasteiger partial charge >= 0.3 is 0 Å². The molecule has 0 aliphatic carbocycles. The van der Waals surface area contributed by atoms with Gasteiger partial charge in [0.1, 0.15) is 0 Å². The van der Waals surface area contributed by atoms with Crippen LogP contribution in [-0.4, -0.2) is 31.4 Å². The first-order chi connectivity index (χ1) is 8.54. The van der Waals surface area contributed by atoms with Crippen molar-refractivity contribution < 1.29 is 4.79 Å². The van der Waals surface area contributed by atoms with Crippen LogP contribution in [0.5, 0.6) is 0 Å². The summed E-state index contributed by atoms with van der Waals surface area (Å²) in [6.45, 7) is 1.58. The Kier molecular flexibility index (Phi) is 4.27. The van der Waals surface area contributed by atoms with Gasteiger partial charge in [-0.15, -0.1) is 0 Å². The average molecular weight is 316 g/mol. The fourth-order valence-electron chi connectivity index (χ4n) is 1.72. The van der Waals surface area contributed by atoms with E-state index in [2.05, 4.69) is 12.1 Å². The van der Waals surface area contributed by atoms with Crippen molar-refractivity contribution >= 4 is 56.0 Å². The van der Waals surface area contributed by atoms with Crippen molar-refractivity contribution in [3.05, 3.63) is 35.0 Å². The van der Waals surface area contributed by atoms with Gasteiger partial charge in [0.05, 0.1) is 0 Å². The molecule has 0 unspecified atom stereocenters. The maximum atomic E-state index is 11.5. The Morgan fingerprint density at radius 1 is 1.28 bits per heavy atom. The summed E-state index contributed by atoms with van der Waals surface area (Å²) in [5.74, 6) is 0.0561. The smallest absolute Gasteiger partial charge is 0.255 e. The van der Waals surface area contributed by atoms with Crippen LogP contribution in [0, 0.1) is 0 Å². The summed E-state index contributed by atoms with van der Waals surface area (Å²) in [5.41, 5.74) is 0. The van der Waals surface area contributed by atoms with Gasteiger partial charge in [0.25, 0.3) is 7.38 Å². The van der Waals surface area contributed by atoms with E-state index in [-0.39, 0.29) is 5.91 Å². The van der Waals surface area contributed by atoms with E-state index >= 15 is 0 Å². The van der Waals surface area contributed by atoms with Gasteiger partial charge in [0, 0.05) is 29.1 Å². The Morgan fingerprint density at radius 2 is 1.78 bits per heavy atom. The molecule has 2 aromatic rings. The van der Waals surface area contributed by atoms with Crippen molar-refractivity contribution in [3.8, 4) is 0 Å². The van der Waals surface area contributed by atoms with Crippen LogP contribution in [0.4, 0.5) is 0 Å². The molecule has 1 amide bonds. The Hall–Kier alpha value is -0.623. The zero-order valence-corrected chi connectivity index (χ0v) is 13.6. The minimum absolute atomic E-state index is 0.0561. The quantitative estimate of drug-likeness (QED) is 0.625. The predicted molar refractivity (Wildman–Crippen MR) is 82.8 cm³/mol. The minimum atomic E-state index is -2.31. The van der Waals surface area contributed by atoms with Gasteiger partial charge in [-0.05, 0) is 10.8 Å². The second-order valence-corrected chi connectivity index (χ2v) is 11.7. The van der Waals surface area contributed by atoms with E-state index < -0.39 is 7.38 Å². The second-order valence-electron chi connectivity index (χ2n) is 4.13. The Labute approximate surface area is 121 Å². The fraction of sp³-hybridized carbons (Fsp3) is 0.250. The zero-order valence-electron chi connectivity index (χ0n) is 10.2. The molecule has 0 N–H and O–H groups in total. The van der Waals surface area contributed by atoms with E-state index in [1.165, 1.54) is 9.00 Å². The van der Waals surface area contributed by atoms with Gasteiger partial charge in [0.2, 0.25) is 5.91 Å². The molecule has 18 heavy (non-hydrogen) atoms. The molecule has 96 valence electrons. The van der Waals surface area contributed by atoms with Gasteiger partial charge in [-0.2, -0.15) is 33.8 Å². The van der Waals surface area contributed by atoms with Gasteiger partial charge in [-0.25, -0.2) is 0 Å². The molecule has 2 nitrogen and oxygen atoms in total. The van der Waals surface area contributed by atoms with Gasteiger partial charge in [0.15, 0.2) is 0 Å². The van der Waals surface area contributed by atoms with Gasteiger partial charge < -0.3 is 4.90 Å². The number of thiophene rings is 2. The number of hydrogen-bond acceptors (Lipinski definition) is 3. The molecule has 6 heteroatoms. The van der Waals surface area contributed by atoms with E-state index in [0.717, 1.165) is 0 Å². The van der Waals surface area contributed by atoms with Crippen LogP contribution < -0.4 is 9.00 Å². The lowest BCUT2D eigenvalue weighted by Gasteiger charge is -2.27. The minimum Gasteiger partial charge on any atom is -0.347 e. The highest BCUT2D eigenvalue weighted by atomic mass is 35.6. The Bertz CT molecular complexity index is 478. The Balaban J connectivity index is 2.38. The third-order valence-electron chi connectivity index (χ3n) is 2.82. The Morgan fingerprint density at radius 3 is 2.11 bits per heavy atom. The average Bonchev–Trinajstić information content (AvgIpc) is 3.02. The summed E-state index contributed by atoms with van der Waals surface area (Å²) >= 11 is 10.3. The lowest BCUT2D eigenvalue weighted by molar-refractivity contribution is -0.126. The lowest BCUT2D eigenvalue weighted by atomic mass is 10.6. The number of rotatable bonds is 4. The number of hydrogen-bond donors (Lipinski definition) is 0. The first kappa shape index (κ1) is 13.8. The van der Waals surface area contributed by atoms with Crippen LogP contribution in [0.15, 0.2) is 35.0 Å². The molecule has 2 aromatic heterocycles. The maximum Gasteiger partial charge on any atom is 0.255 e. The monoisotopic (exact) mass is 315 g/mol. The van der Waals surface area contributed by atoms with Crippen LogP contribution >= 0.6 is 33.8 Å². The molecule has 0 spiro atoms. The van der Waals surface area contributed by atoms with Crippen LogP contribution in [0.1, 0.15) is 6.92 Å². The molecule has 2 heterocycles. The van der Waals surface area contributed by atoms with Crippen molar-refractivity contribution in [2.24, 2.45) is 0 Å². The fourth-order valence-corrected chi connectivity index (χ4v) is 9.66. The summed E-state index contributed by atoms with van der Waals surface area (Å²) in [6, 6.07) is 8.20. The molecule has 0 radical (unpaired) electrons. The third kappa shape index (κ3) is 2.69. The summed E-state index contributed by atoms with van der Waals surface area (Å²) < 4.78 is 2.42. The molecular weight excluding hydrogens is 302 g/mol. The van der Waals surface area contributed by atoms with Crippen molar-refractivity contribution in [3.63, 3.8) is 0 Å². The maximum absolute atomic E-state index is 11.5. The summed E-state index contributed by atoms with van der Waals surface area (Å²) in [7, 11) is -0.496. The number of halogens is 1. The zero-order chi connectivity index (χ0) is 13.2. The molecule has 0 aliphatic heterocycles. The van der Waals surface area contributed by atoms with E-state index in [1.54, 1.807) is 34.5 Å². The highest BCUT2D eigenvalue weighted by molar-refractivity contribution is 7.50. The van der Waals surface area contributed by atoms with Crippen molar-refractivity contribution in [1.82, 2.24) is 4.90 Å². The molecule has 0 aromatic carbocycles. The van der Waals surface area contributed by atoms with Crippen molar-refractivity contribution in [1.29, 1.82) is 0 Å². The summed E-state index contributed by atoms with van der Waals surface area (Å²) in [4.78, 5) is 13.2. The molecule has 0 atom stereocenters. The first-order valence-corrected chi connectivity index (χ1v) is 10.5. The van der Waals surface area contributed by atoms with Crippen LogP contribution in [-0.2, 0) is 4.79 Å². The molecule has 0 bridgehead atoms. The summed E-state index contributed by atoms with van der Waals surface area (Å²) in [6.07, 6.45) is 0.616. The number of carbonyl (C=O) groups excluding carboxylic acids is 1. The molecule has 0 saturated carbocycles. The van der Waals surface area contributed by atoms with Crippen molar-refractivity contribution in [2.45, 2.75) is 6.92 Å². The van der Waals surface area contributed by atoms with Crippen molar-refractivity contribution in [2.75, 3.05) is 13.2 Å². The number of carbonyl (C=O) groups is 1. The van der Waals surface area contributed by atoms with Gasteiger partial charge in [-0.1, -0.05) is 24.3 Å². The molecule has 2 rings (SSSR count). The second kappa shape index (κ2) is 5.57. The third-order valence-corrected chi connectivity index (χ3v) is 12.0. The van der Waals surface area contributed by atoms with E-state index in [9.17, 15) is 4.79 Å². The molecule has 0 saturated heterocycles. The number of nitrogens with zero attached hydrogens (tertiary/aromatic N) is 1. The lowest BCUT2D eigenvalue weighted by Crippen LogP contribution is -2.59. The highest BCUT2D eigenvalue weighted by Gasteiger charge is 2.39. The van der Waals surface area contributed by atoms with Crippen LogP contribution in [0.3, 0.4) is 0 Å². The first-order valence-electron chi connectivity index (χ1n) is 5.52.